The average Bonchev–Trinajstić information content (AvgIpc) is 3.02. The van der Waals surface area contributed by atoms with Crippen LogP contribution in [-0.2, 0) is 15.9 Å². The first-order valence-electron chi connectivity index (χ1n) is 6.17. The van der Waals surface area contributed by atoms with Gasteiger partial charge in [0.1, 0.15) is 6.04 Å². The molecule has 3 heterocycles. The maximum Gasteiger partial charge on any atom is 0.246 e. The number of nitrogens with one attached hydrogen (secondary N) is 1. The molecule has 1 N–H and O–H groups in total. The van der Waals surface area contributed by atoms with Crippen LogP contribution in [0.15, 0.2) is 4.52 Å². The molecule has 17 heavy (non-hydrogen) atoms. The molecule has 2 saturated heterocycles. The molecule has 2 unspecified atom stereocenters. The van der Waals surface area contributed by atoms with Crippen LogP contribution in [0.1, 0.15) is 30.6 Å². The third-order valence-electron chi connectivity index (χ3n) is 3.14. The summed E-state index contributed by atoms with van der Waals surface area (Å²) in [6.07, 6.45) is 3.23. The van der Waals surface area contributed by atoms with Crippen molar-refractivity contribution in [3.8, 4) is 0 Å². The Balaban J connectivity index is 1.60. The van der Waals surface area contributed by atoms with Crippen LogP contribution in [0.5, 0.6) is 0 Å². The Kier molecular flexibility index (Phi) is 3.35. The van der Waals surface area contributed by atoms with Gasteiger partial charge < -0.3 is 19.3 Å². The van der Waals surface area contributed by atoms with Crippen LogP contribution in [0.25, 0.3) is 0 Å². The van der Waals surface area contributed by atoms with E-state index in [0.717, 1.165) is 44.8 Å². The van der Waals surface area contributed by atoms with Crippen molar-refractivity contribution in [2.75, 3.05) is 26.4 Å². The van der Waals surface area contributed by atoms with Gasteiger partial charge in [-0.15, -0.1) is 0 Å². The fourth-order valence-electron chi connectivity index (χ4n) is 2.22. The number of aromatic nitrogens is 2. The van der Waals surface area contributed by atoms with Gasteiger partial charge in [0.2, 0.25) is 5.89 Å². The highest BCUT2D eigenvalue weighted by Crippen LogP contribution is 2.18. The third-order valence-corrected chi connectivity index (χ3v) is 3.14. The fraction of sp³-hybridized carbons (Fsp3) is 0.818. The summed E-state index contributed by atoms with van der Waals surface area (Å²) in [5, 5.41) is 7.28. The first kappa shape index (κ1) is 11.1. The Morgan fingerprint density at radius 2 is 2.35 bits per heavy atom. The Bertz CT molecular complexity index is 357. The zero-order valence-corrected chi connectivity index (χ0v) is 9.72. The van der Waals surface area contributed by atoms with Crippen molar-refractivity contribution in [2.24, 2.45) is 0 Å². The van der Waals surface area contributed by atoms with Gasteiger partial charge in [0.15, 0.2) is 5.82 Å². The summed E-state index contributed by atoms with van der Waals surface area (Å²) >= 11 is 0. The summed E-state index contributed by atoms with van der Waals surface area (Å²) in [7, 11) is 0. The SMILES string of the molecule is C1COC(Cc2noc(C3COCCN3)n2)C1. The molecular formula is C11H17N3O3. The second-order valence-electron chi connectivity index (χ2n) is 4.47. The summed E-state index contributed by atoms with van der Waals surface area (Å²) in [5.41, 5.74) is 0. The van der Waals surface area contributed by atoms with Crippen LogP contribution >= 0.6 is 0 Å². The number of ether oxygens (including phenoxy) is 2. The van der Waals surface area contributed by atoms with Gasteiger partial charge in [-0.05, 0) is 12.8 Å². The first-order valence-corrected chi connectivity index (χ1v) is 6.17. The van der Waals surface area contributed by atoms with Crippen molar-refractivity contribution in [1.29, 1.82) is 0 Å². The molecule has 6 heteroatoms. The molecule has 0 radical (unpaired) electrons. The normalized spacial score (nSPS) is 29.6. The highest BCUT2D eigenvalue weighted by molar-refractivity contribution is 4.95. The minimum absolute atomic E-state index is 0.0366. The van der Waals surface area contributed by atoms with Gasteiger partial charge in [-0.25, -0.2) is 0 Å². The lowest BCUT2D eigenvalue weighted by Gasteiger charge is -2.20. The van der Waals surface area contributed by atoms with E-state index in [4.69, 9.17) is 14.0 Å². The molecule has 0 amide bonds. The molecule has 2 aliphatic heterocycles. The first-order chi connectivity index (χ1) is 8.42. The molecular weight excluding hydrogens is 222 g/mol. The highest BCUT2D eigenvalue weighted by atomic mass is 16.5. The van der Waals surface area contributed by atoms with Gasteiger partial charge in [-0.2, -0.15) is 4.98 Å². The predicted octanol–water partition coefficient (Wildman–Crippen LogP) is 0.452. The standard InChI is InChI=1S/C11H17N3O3/c1-2-8(16-4-1)6-10-13-11(17-14-10)9-7-15-5-3-12-9/h8-9,12H,1-7H2. The number of morpholine rings is 1. The molecule has 2 atom stereocenters. The molecule has 0 aromatic carbocycles. The molecule has 1 aromatic heterocycles. The van der Waals surface area contributed by atoms with Crippen molar-refractivity contribution >= 4 is 0 Å². The van der Waals surface area contributed by atoms with Gasteiger partial charge >= 0.3 is 0 Å². The molecule has 0 bridgehead atoms. The second kappa shape index (κ2) is 5.12. The minimum atomic E-state index is 0.0366. The van der Waals surface area contributed by atoms with Crippen LogP contribution in [0.2, 0.25) is 0 Å². The minimum Gasteiger partial charge on any atom is -0.378 e. The largest absolute Gasteiger partial charge is 0.378 e. The number of hydrogen-bond donors (Lipinski definition) is 1. The number of rotatable bonds is 3. The van der Waals surface area contributed by atoms with E-state index in [9.17, 15) is 0 Å². The molecule has 0 saturated carbocycles. The van der Waals surface area contributed by atoms with Crippen molar-refractivity contribution < 1.29 is 14.0 Å². The molecule has 0 spiro atoms. The molecule has 3 rings (SSSR count). The smallest absolute Gasteiger partial charge is 0.246 e. The van der Waals surface area contributed by atoms with Crippen LogP contribution in [0.3, 0.4) is 0 Å². The molecule has 2 fully saturated rings. The van der Waals surface area contributed by atoms with E-state index in [2.05, 4.69) is 15.5 Å². The van der Waals surface area contributed by atoms with Crippen LogP contribution in [0, 0.1) is 0 Å². The van der Waals surface area contributed by atoms with E-state index in [0.29, 0.717) is 12.5 Å². The van der Waals surface area contributed by atoms with Crippen LogP contribution < -0.4 is 5.32 Å². The van der Waals surface area contributed by atoms with E-state index in [1.54, 1.807) is 0 Å². The van der Waals surface area contributed by atoms with Crippen molar-refractivity contribution in [1.82, 2.24) is 15.5 Å². The molecule has 94 valence electrons. The highest BCUT2D eigenvalue weighted by Gasteiger charge is 2.23. The lowest BCUT2D eigenvalue weighted by Crippen LogP contribution is -2.34. The van der Waals surface area contributed by atoms with Gasteiger partial charge in [0.25, 0.3) is 0 Å². The van der Waals surface area contributed by atoms with Crippen molar-refractivity contribution in [2.45, 2.75) is 31.4 Å². The van der Waals surface area contributed by atoms with E-state index < -0.39 is 0 Å². The van der Waals surface area contributed by atoms with Gasteiger partial charge in [-0.3, -0.25) is 0 Å². The number of hydrogen-bond acceptors (Lipinski definition) is 6. The Hall–Kier alpha value is -0.980. The third kappa shape index (κ3) is 2.65. The summed E-state index contributed by atoms with van der Waals surface area (Å²) < 4.78 is 16.2. The molecule has 6 nitrogen and oxygen atoms in total. The molecule has 1 aromatic rings. The average molecular weight is 239 g/mol. The van der Waals surface area contributed by atoms with Crippen molar-refractivity contribution in [3.05, 3.63) is 11.7 Å². The zero-order chi connectivity index (χ0) is 11.5. The van der Waals surface area contributed by atoms with E-state index in [1.165, 1.54) is 0 Å². The summed E-state index contributed by atoms with van der Waals surface area (Å²) in [4.78, 5) is 4.40. The second-order valence-corrected chi connectivity index (χ2v) is 4.47. The Labute approximate surface area is 99.7 Å². The molecule has 2 aliphatic rings. The van der Waals surface area contributed by atoms with E-state index in [1.807, 2.05) is 0 Å². The maximum atomic E-state index is 5.55. The van der Waals surface area contributed by atoms with E-state index >= 15 is 0 Å². The maximum absolute atomic E-state index is 5.55. The van der Waals surface area contributed by atoms with E-state index in [-0.39, 0.29) is 12.1 Å². The quantitative estimate of drug-likeness (QED) is 0.826. The van der Waals surface area contributed by atoms with Crippen molar-refractivity contribution in [3.63, 3.8) is 0 Å². The topological polar surface area (TPSA) is 69.4 Å². The lowest BCUT2D eigenvalue weighted by atomic mass is 10.2. The summed E-state index contributed by atoms with van der Waals surface area (Å²) in [5.74, 6) is 1.36. The fourth-order valence-corrected chi connectivity index (χ4v) is 2.22. The molecule has 0 aliphatic carbocycles. The van der Waals surface area contributed by atoms with Gasteiger partial charge in [-0.1, -0.05) is 5.16 Å². The predicted molar refractivity (Wildman–Crippen MR) is 58.5 cm³/mol. The van der Waals surface area contributed by atoms with Crippen LogP contribution in [0.4, 0.5) is 0 Å². The van der Waals surface area contributed by atoms with Gasteiger partial charge in [0.05, 0.1) is 19.3 Å². The summed E-state index contributed by atoms with van der Waals surface area (Å²) in [6.45, 7) is 3.02. The zero-order valence-electron chi connectivity index (χ0n) is 9.72. The Morgan fingerprint density at radius 3 is 3.12 bits per heavy atom. The van der Waals surface area contributed by atoms with Crippen LogP contribution in [-0.4, -0.2) is 42.6 Å². The monoisotopic (exact) mass is 239 g/mol. The number of nitrogens with zero attached hydrogens (tertiary/aromatic N) is 2. The lowest BCUT2D eigenvalue weighted by molar-refractivity contribution is 0.0659. The summed E-state index contributed by atoms with van der Waals surface area (Å²) in [6, 6.07) is 0.0366. The Morgan fingerprint density at radius 1 is 1.35 bits per heavy atom. The van der Waals surface area contributed by atoms with Gasteiger partial charge in [0, 0.05) is 19.6 Å².